The highest BCUT2D eigenvalue weighted by molar-refractivity contribution is 5.94. The van der Waals surface area contributed by atoms with Gasteiger partial charge >= 0.3 is 23.9 Å². The average Bonchev–Trinajstić information content (AvgIpc) is 2.74. The second kappa shape index (κ2) is 16.1. The molecule has 2 amide bonds. The minimum atomic E-state index is -1.46. The van der Waals surface area contributed by atoms with E-state index in [0.717, 1.165) is 0 Å². The Balaban J connectivity index is 5.51. The van der Waals surface area contributed by atoms with Crippen molar-refractivity contribution in [3.8, 4) is 0 Å². The van der Waals surface area contributed by atoms with Crippen molar-refractivity contribution in [1.29, 1.82) is 0 Å². The van der Waals surface area contributed by atoms with E-state index in [-0.39, 0.29) is 32.3 Å². The lowest BCUT2D eigenvalue weighted by Gasteiger charge is -2.23. The number of rotatable bonds is 19. The van der Waals surface area contributed by atoms with E-state index < -0.39 is 91.6 Å². The van der Waals surface area contributed by atoms with Gasteiger partial charge in [-0.3, -0.25) is 33.6 Å². The minimum Gasteiger partial charge on any atom is -0.481 e. The predicted octanol–water partition coefficient (Wildman–Crippen LogP) is -1.02. The molecule has 14 nitrogen and oxygen atoms in total. The summed E-state index contributed by atoms with van der Waals surface area (Å²) in [7, 11) is 0. The fraction of sp³-hybridized carbons (Fsp3) is 0.650. The Morgan fingerprint density at radius 3 is 1.62 bits per heavy atom. The van der Waals surface area contributed by atoms with Crippen LogP contribution in [-0.2, 0) is 33.6 Å². The molecule has 0 aliphatic carbocycles. The fourth-order valence-corrected chi connectivity index (χ4v) is 2.89. The van der Waals surface area contributed by atoms with Gasteiger partial charge < -0.3 is 36.2 Å². The van der Waals surface area contributed by atoms with E-state index in [1.165, 1.54) is 0 Å². The van der Waals surface area contributed by atoms with E-state index in [4.69, 9.17) is 20.4 Å². The molecule has 0 rings (SSSR count). The van der Waals surface area contributed by atoms with Crippen LogP contribution in [0.2, 0.25) is 0 Å². The molecule has 0 fully saturated rings. The Morgan fingerprint density at radius 1 is 0.647 bits per heavy atom. The van der Waals surface area contributed by atoms with Gasteiger partial charge in [0.1, 0.15) is 6.04 Å². The number of ketones is 1. The number of aliphatic hydroxyl groups is 1. The molecule has 34 heavy (non-hydrogen) atoms. The summed E-state index contributed by atoms with van der Waals surface area (Å²) in [5, 5.41) is 49.1. The van der Waals surface area contributed by atoms with Crippen LogP contribution in [-0.4, -0.2) is 85.7 Å². The SMILES string of the molecule is O=C(O)CCC(CC(=O)C(CCC(=O)O)NC(=O)C(CCC(=O)O)NC(=O)CCCO)C(=O)O. The number of aliphatic hydroxyl groups excluding tert-OH is 1. The second-order valence-corrected chi connectivity index (χ2v) is 7.51. The normalized spacial score (nSPS) is 13.2. The van der Waals surface area contributed by atoms with E-state index in [1.807, 2.05) is 0 Å². The molecule has 0 aliphatic heterocycles. The molecule has 192 valence electrons. The lowest BCUT2D eigenvalue weighted by Crippen LogP contribution is -2.52. The van der Waals surface area contributed by atoms with Gasteiger partial charge in [0.25, 0.3) is 0 Å². The Kier molecular flexibility index (Phi) is 14.4. The summed E-state index contributed by atoms with van der Waals surface area (Å²) >= 11 is 0. The summed E-state index contributed by atoms with van der Waals surface area (Å²) in [6.45, 7) is -0.294. The van der Waals surface area contributed by atoms with E-state index in [2.05, 4.69) is 10.6 Å². The number of nitrogens with one attached hydrogen (secondary N) is 2. The first-order valence-electron chi connectivity index (χ1n) is 10.5. The monoisotopic (exact) mass is 490 g/mol. The topological polar surface area (TPSA) is 245 Å². The molecule has 0 bridgehead atoms. The standard InChI is InChI=1S/C20H30N2O12/c23-9-1-2-15(25)21-13(5-8-18(30)31)19(32)22-12(4-7-17(28)29)14(24)10-11(20(33)34)3-6-16(26)27/h11-13,23H,1-10H2,(H,21,25)(H,22,32)(H,26,27)(H,28,29)(H,30,31)(H,33,34). The number of Topliss-reactive ketones (excluding diaryl/α,β-unsaturated/α-hetero) is 1. The lowest BCUT2D eigenvalue weighted by atomic mass is 9.92. The van der Waals surface area contributed by atoms with Crippen molar-refractivity contribution in [3.63, 3.8) is 0 Å². The highest BCUT2D eigenvalue weighted by Crippen LogP contribution is 2.16. The van der Waals surface area contributed by atoms with Crippen molar-refractivity contribution in [3.05, 3.63) is 0 Å². The third-order valence-corrected chi connectivity index (χ3v) is 4.72. The first-order valence-corrected chi connectivity index (χ1v) is 10.5. The third-order valence-electron chi connectivity index (χ3n) is 4.72. The van der Waals surface area contributed by atoms with Crippen LogP contribution >= 0.6 is 0 Å². The van der Waals surface area contributed by atoms with Crippen molar-refractivity contribution in [2.75, 3.05) is 6.61 Å². The Labute approximate surface area is 194 Å². The molecule has 0 aromatic heterocycles. The molecule has 0 saturated carbocycles. The van der Waals surface area contributed by atoms with Crippen molar-refractivity contribution >= 4 is 41.5 Å². The van der Waals surface area contributed by atoms with Crippen LogP contribution in [0.3, 0.4) is 0 Å². The third kappa shape index (κ3) is 13.8. The zero-order valence-corrected chi connectivity index (χ0v) is 18.4. The molecular weight excluding hydrogens is 460 g/mol. The number of hydrogen-bond acceptors (Lipinski definition) is 8. The van der Waals surface area contributed by atoms with Gasteiger partial charge in [-0.05, 0) is 25.7 Å². The van der Waals surface area contributed by atoms with Crippen LogP contribution in [0, 0.1) is 5.92 Å². The summed E-state index contributed by atoms with van der Waals surface area (Å²) < 4.78 is 0. The van der Waals surface area contributed by atoms with Gasteiger partial charge in [0, 0.05) is 38.7 Å². The van der Waals surface area contributed by atoms with Gasteiger partial charge in [0.15, 0.2) is 5.78 Å². The lowest BCUT2D eigenvalue weighted by molar-refractivity contribution is -0.145. The van der Waals surface area contributed by atoms with Crippen LogP contribution in [0.25, 0.3) is 0 Å². The van der Waals surface area contributed by atoms with Crippen LogP contribution < -0.4 is 10.6 Å². The zero-order chi connectivity index (χ0) is 26.3. The van der Waals surface area contributed by atoms with Gasteiger partial charge in [-0.15, -0.1) is 0 Å². The van der Waals surface area contributed by atoms with E-state index in [9.17, 15) is 38.7 Å². The van der Waals surface area contributed by atoms with E-state index >= 15 is 0 Å². The van der Waals surface area contributed by atoms with Gasteiger partial charge in [0.05, 0.1) is 12.0 Å². The summed E-state index contributed by atoms with van der Waals surface area (Å²) in [4.78, 5) is 81.2. The second-order valence-electron chi connectivity index (χ2n) is 7.51. The molecule has 14 heteroatoms. The maximum absolute atomic E-state index is 12.7. The summed E-state index contributed by atoms with van der Waals surface area (Å²) in [5.74, 6) is -9.13. The number of amides is 2. The van der Waals surface area contributed by atoms with Crippen molar-refractivity contribution < 1.29 is 59.1 Å². The number of carboxylic acid groups (broad SMARTS) is 4. The van der Waals surface area contributed by atoms with Crippen LogP contribution in [0.5, 0.6) is 0 Å². The molecule has 0 aliphatic rings. The molecule has 0 aromatic rings. The Bertz CT molecular complexity index is 767. The molecule has 0 spiro atoms. The molecule has 7 N–H and O–H groups in total. The number of hydrogen-bond donors (Lipinski definition) is 7. The molecule has 0 saturated heterocycles. The maximum atomic E-state index is 12.7. The minimum absolute atomic E-state index is 0.0890. The van der Waals surface area contributed by atoms with Gasteiger partial charge in [-0.2, -0.15) is 0 Å². The van der Waals surface area contributed by atoms with E-state index in [0.29, 0.717) is 0 Å². The van der Waals surface area contributed by atoms with Crippen LogP contribution in [0.1, 0.15) is 57.8 Å². The highest BCUT2D eigenvalue weighted by atomic mass is 16.4. The molecule has 3 atom stereocenters. The summed E-state index contributed by atoms with van der Waals surface area (Å²) in [5.41, 5.74) is 0. The maximum Gasteiger partial charge on any atom is 0.306 e. The zero-order valence-electron chi connectivity index (χ0n) is 18.4. The molecule has 0 heterocycles. The molecule has 0 radical (unpaired) electrons. The highest BCUT2D eigenvalue weighted by Gasteiger charge is 2.30. The van der Waals surface area contributed by atoms with Crippen LogP contribution in [0.15, 0.2) is 0 Å². The number of carbonyl (C=O) groups is 7. The number of carbonyl (C=O) groups excluding carboxylic acids is 3. The number of aliphatic carboxylic acids is 4. The first-order chi connectivity index (χ1) is 15.9. The molecule has 3 unspecified atom stereocenters. The van der Waals surface area contributed by atoms with Crippen molar-refractivity contribution in [1.82, 2.24) is 10.6 Å². The number of carboxylic acids is 4. The first kappa shape index (κ1) is 30.4. The fourth-order valence-electron chi connectivity index (χ4n) is 2.89. The van der Waals surface area contributed by atoms with Crippen LogP contribution in [0.4, 0.5) is 0 Å². The largest absolute Gasteiger partial charge is 0.481 e. The average molecular weight is 490 g/mol. The summed E-state index contributed by atoms with van der Waals surface area (Å²) in [6, 6.07) is -2.85. The predicted molar refractivity (Wildman–Crippen MR) is 112 cm³/mol. The van der Waals surface area contributed by atoms with E-state index in [1.54, 1.807) is 0 Å². The Hall–Kier alpha value is -3.55. The molecule has 0 aromatic carbocycles. The van der Waals surface area contributed by atoms with Gasteiger partial charge in [-0.1, -0.05) is 0 Å². The van der Waals surface area contributed by atoms with Crippen molar-refractivity contribution in [2.24, 2.45) is 5.92 Å². The van der Waals surface area contributed by atoms with Gasteiger partial charge in [0.2, 0.25) is 11.8 Å². The Morgan fingerprint density at radius 2 is 1.15 bits per heavy atom. The molecular formula is C20H30N2O12. The quantitative estimate of drug-likeness (QED) is 0.115. The van der Waals surface area contributed by atoms with Gasteiger partial charge in [-0.25, -0.2) is 0 Å². The smallest absolute Gasteiger partial charge is 0.306 e. The summed E-state index contributed by atoms with van der Waals surface area (Å²) in [6.07, 6.45) is -3.45. The van der Waals surface area contributed by atoms with Crippen molar-refractivity contribution in [2.45, 2.75) is 69.9 Å².